The molecule has 21 heavy (non-hydrogen) atoms. The second kappa shape index (κ2) is 5.75. The van der Waals surface area contributed by atoms with Crippen molar-refractivity contribution in [3.8, 4) is 0 Å². The molecule has 4 atom stereocenters. The number of nitrogens with zero attached hydrogens (tertiary/aromatic N) is 1. The monoisotopic (exact) mass is 311 g/mol. The number of allylic oxidation sites excluding steroid dienone is 2. The normalized spacial score (nSPS) is 36.2. The molecule has 0 aromatic rings. The van der Waals surface area contributed by atoms with Crippen LogP contribution >= 0.6 is 0 Å². The van der Waals surface area contributed by atoms with Crippen molar-refractivity contribution in [2.24, 2.45) is 17.8 Å². The van der Waals surface area contributed by atoms with Crippen LogP contribution in [0.4, 0.5) is 0 Å². The van der Waals surface area contributed by atoms with Crippen molar-refractivity contribution in [3.05, 3.63) is 12.2 Å². The molecule has 0 N–H and O–H groups in total. The number of hydrogen-bond donors (Lipinski definition) is 0. The van der Waals surface area contributed by atoms with Gasteiger partial charge in [-0.25, -0.2) is 8.42 Å². The fourth-order valence-corrected chi connectivity index (χ4v) is 5.83. The zero-order chi connectivity index (χ0) is 15.0. The maximum Gasteiger partial charge on any atom is 0.226 e. The summed E-state index contributed by atoms with van der Waals surface area (Å²) in [4.78, 5) is 14.8. The molecule has 1 saturated carbocycles. The van der Waals surface area contributed by atoms with Gasteiger partial charge in [-0.05, 0) is 37.5 Å². The molecule has 0 radical (unpaired) electrons. The molecule has 3 rings (SSSR count). The Hall–Kier alpha value is -0.840. The van der Waals surface area contributed by atoms with Crippen LogP contribution in [-0.4, -0.2) is 43.3 Å². The Bertz CT molecular complexity index is 540. The average Bonchev–Trinajstić information content (AvgIpc) is 3.14. The van der Waals surface area contributed by atoms with Crippen molar-refractivity contribution in [2.75, 3.05) is 18.1 Å². The lowest BCUT2D eigenvalue weighted by molar-refractivity contribution is -0.138. The fourth-order valence-electron chi connectivity index (χ4n) is 4.10. The Labute approximate surface area is 127 Å². The highest BCUT2D eigenvalue weighted by Gasteiger charge is 2.44. The molecule has 5 heteroatoms. The lowest BCUT2D eigenvalue weighted by Crippen LogP contribution is -2.45. The molecule has 3 aliphatic rings. The largest absolute Gasteiger partial charge is 0.338 e. The Kier molecular flexibility index (Phi) is 4.12. The number of sulfone groups is 1. The van der Waals surface area contributed by atoms with E-state index in [0.717, 1.165) is 25.7 Å². The number of amides is 1. The summed E-state index contributed by atoms with van der Waals surface area (Å²) in [6, 6.07) is -0.0860. The SMILES string of the molecule is CCCCN(C(=O)C1CC2C=CC1C2)C1CCS(=O)(=O)C1. The highest BCUT2D eigenvalue weighted by Crippen LogP contribution is 2.44. The summed E-state index contributed by atoms with van der Waals surface area (Å²) in [5.74, 6) is 1.68. The van der Waals surface area contributed by atoms with Crippen LogP contribution in [0.5, 0.6) is 0 Å². The molecule has 1 saturated heterocycles. The van der Waals surface area contributed by atoms with Crippen LogP contribution in [0.15, 0.2) is 12.2 Å². The summed E-state index contributed by atoms with van der Waals surface area (Å²) >= 11 is 0. The van der Waals surface area contributed by atoms with E-state index in [2.05, 4.69) is 19.1 Å². The van der Waals surface area contributed by atoms with Gasteiger partial charge in [0.25, 0.3) is 0 Å². The van der Waals surface area contributed by atoms with E-state index < -0.39 is 9.84 Å². The summed E-state index contributed by atoms with van der Waals surface area (Å²) in [5.41, 5.74) is 0. The minimum atomic E-state index is -2.94. The summed E-state index contributed by atoms with van der Waals surface area (Å²) in [7, 11) is -2.94. The van der Waals surface area contributed by atoms with Crippen molar-refractivity contribution in [2.45, 2.75) is 45.1 Å². The molecule has 2 aliphatic carbocycles. The standard InChI is InChI=1S/C16H25NO3S/c1-2-3-7-17(14-6-8-21(19,20)11-14)16(18)15-10-12-4-5-13(15)9-12/h4-5,12-15H,2-3,6-11H2,1H3. The predicted molar refractivity (Wildman–Crippen MR) is 82.5 cm³/mol. The Morgan fingerprint density at radius 1 is 1.29 bits per heavy atom. The van der Waals surface area contributed by atoms with Gasteiger partial charge in [-0.3, -0.25) is 4.79 Å². The molecule has 0 spiro atoms. The molecule has 0 aromatic carbocycles. The van der Waals surface area contributed by atoms with E-state index >= 15 is 0 Å². The smallest absolute Gasteiger partial charge is 0.226 e. The zero-order valence-corrected chi connectivity index (χ0v) is 13.5. The second-order valence-corrected chi connectivity index (χ2v) is 9.06. The Morgan fingerprint density at radius 2 is 2.10 bits per heavy atom. The number of carbonyl (C=O) groups is 1. The summed E-state index contributed by atoms with van der Waals surface area (Å²) in [6.45, 7) is 2.82. The summed E-state index contributed by atoms with van der Waals surface area (Å²) in [6.07, 6.45) is 9.11. The first-order valence-electron chi connectivity index (χ1n) is 8.19. The van der Waals surface area contributed by atoms with E-state index in [9.17, 15) is 13.2 Å². The van der Waals surface area contributed by atoms with Crippen molar-refractivity contribution in [3.63, 3.8) is 0 Å². The van der Waals surface area contributed by atoms with E-state index in [1.165, 1.54) is 0 Å². The Balaban J connectivity index is 1.73. The van der Waals surface area contributed by atoms with Gasteiger partial charge in [0.15, 0.2) is 9.84 Å². The maximum absolute atomic E-state index is 12.9. The molecule has 1 aliphatic heterocycles. The second-order valence-electron chi connectivity index (χ2n) is 6.83. The number of hydrogen-bond acceptors (Lipinski definition) is 3. The molecule has 118 valence electrons. The molecule has 2 fully saturated rings. The van der Waals surface area contributed by atoms with Crippen LogP contribution in [0.1, 0.15) is 39.0 Å². The lowest BCUT2D eigenvalue weighted by Gasteiger charge is -2.32. The highest BCUT2D eigenvalue weighted by atomic mass is 32.2. The van der Waals surface area contributed by atoms with Gasteiger partial charge in [0.1, 0.15) is 0 Å². The maximum atomic E-state index is 12.9. The van der Waals surface area contributed by atoms with Crippen LogP contribution in [0, 0.1) is 17.8 Å². The first kappa shape index (κ1) is 15.1. The minimum absolute atomic E-state index is 0.0860. The van der Waals surface area contributed by atoms with E-state index in [1.807, 2.05) is 4.90 Å². The topological polar surface area (TPSA) is 54.5 Å². The third-order valence-electron chi connectivity index (χ3n) is 5.28. The number of unbranched alkanes of at least 4 members (excludes halogenated alkanes) is 1. The molecular formula is C16H25NO3S. The van der Waals surface area contributed by atoms with Crippen molar-refractivity contribution in [1.82, 2.24) is 4.90 Å². The van der Waals surface area contributed by atoms with Crippen molar-refractivity contribution in [1.29, 1.82) is 0 Å². The molecule has 1 amide bonds. The highest BCUT2D eigenvalue weighted by molar-refractivity contribution is 7.91. The molecule has 4 unspecified atom stereocenters. The quantitative estimate of drug-likeness (QED) is 0.730. The number of carbonyl (C=O) groups excluding carboxylic acids is 1. The third-order valence-corrected chi connectivity index (χ3v) is 7.03. The van der Waals surface area contributed by atoms with Crippen LogP contribution in [0.2, 0.25) is 0 Å². The zero-order valence-electron chi connectivity index (χ0n) is 12.7. The van der Waals surface area contributed by atoms with Gasteiger partial charge in [-0.15, -0.1) is 0 Å². The van der Waals surface area contributed by atoms with Gasteiger partial charge in [-0.2, -0.15) is 0 Å². The average molecular weight is 311 g/mol. The van der Waals surface area contributed by atoms with E-state index in [-0.39, 0.29) is 29.4 Å². The van der Waals surface area contributed by atoms with Gasteiger partial charge in [-0.1, -0.05) is 25.5 Å². The third kappa shape index (κ3) is 3.03. The van der Waals surface area contributed by atoms with E-state index in [4.69, 9.17) is 0 Å². The first-order chi connectivity index (χ1) is 10.00. The van der Waals surface area contributed by atoms with Gasteiger partial charge in [0.2, 0.25) is 5.91 Å². The van der Waals surface area contributed by atoms with Crippen molar-refractivity contribution < 1.29 is 13.2 Å². The summed E-state index contributed by atoms with van der Waals surface area (Å²) in [5, 5.41) is 0. The van der Waals surface area contributed by atoms with E-state index in [1.54, 1.807) is 0 Å². The van der Waals surface area contributed by atoms with Crippen molar-refractivity contribution >= 4 is 15.7 Å². The minimum Gasteiger partial charge on any atom is -0.338 e. The van der Waals surface area contributed by atoms with Crippen LogP contribution in [0.3, 0.4) is 0 Å². The van der Waals surface area contributed by atoms with Crippen LogP contribution in [0.25, 0.3) is 0 Å². The molecule has 0 aromatic heterocycles. The van der Waals surface area contributed by atoms with Gasteiger partial charge in [0.05, 0.1) is 11.5 Å². The Morgan fingerprint density at radius 3 is 2.62 bits per heavy atom. The summed E-state index contributed by atoms with van der Waals surface area (Å²) < 4.78 is 23.5. The van der Waals surface area contributed by atoms with Crippen LogP contribution < -0.4 is 0 Å². The van der Waals surface area contributed by atoms with Gasteiger partial charge >= 0.3 is 0 Å². The van der Waals surface area contributed by atoms with Crippen LogP contribution in [-0.2, 0) is 14.6 Å². The number of rotatable bonds is 5. The fraction of sp³-hybridized carbons (Fsp3) is 0.812. The molecule has 1 heterocycles. The molecular weight excluding hydrogens is 286 g/mol. The predicted octanol–water partition coefficient (Wildman–Crippen LogP) is 2.01. The number of fused-ring (bicyclic) bond motifs is 2. The van der Waals surface area contributed by atoms with Gasteiger partial charge in [0, 0.05) is 18.5 Å². The van der Waals surface area contributed by atoms with E-state index in [0.29, 0.717) is 24.8 Å². The van der Waals surface area contributed by atoms with Gasteiger partial charge < -0.3 is 4.90 Å². The molecule has 4 nitrogen and oxygen atoms in total. The molecule has 2 bridgehead atoms. The lowest BCUT2D eigenvalue weighted by atomic mass is 9.91. The first-order valence-corrected chi connectivity index (χ1v) is 10.0.